The SMILES string of the molecule is CC1C(C(=O)O)CCN1C(=O)C1CC1c1cccc(C(F)(F)F)c1. The lowest BCUT2D eigenvalue weighted by atomic mass is 10.0. The van der Waals surface area contributed by atoms with E-state index in [0.717, 1.165) is 12.1 Å². The molecule has 1 aromatic rings. The number of alkyl halides is 3. The van der Waals surface area contributed by atoms with Crippen LogP contribution < -0.4 is 0 Å². The van der Waals surface area contributed by atoms with E-state index in [2.05, 4.69) is 0 Å². The highest BCUT2D eigenvalue weighted by atomic mass is 19.4. The molecule has 0 spiro atoms. The summed E-state index contributed by atoms with van der Waals surface area (Å²) in [5, 5.41) is 9.13. The second kappa shape index (κ2) is 5.79. The summed E-state index contributed by atoms with van der Waals surface area (Å²) < 4.78 is 38.4. The number of likely N-dealkylation sites (tertiary alicyclic amines) is 1. The number of aliphatic carboxylic acids is 1. The number of carboxylic acid groups (broad SMARTS) is 1. The van der Waals surface area contributed by atoms with Crippen LogP contribution in [0.4, 0.5) is 13.2 Å². The average Bonchev–Trinajstić information content (AvgIpc) is 3.22. The molecular weight excluding hydrogens is 323 g/mol. The van der Waals surface area contributed by atoms with E-state index in [1.807, 2.05) is 0 Å². The molecule has 1 aliphatic carbocycles. The van der Waals surface area contributed by atoms with Crippen molar-refractivity contribution < 1.29 is 27.9 Å². The Morgan fingerprint density at radius 3 is 2.54 bits per heavy atom. The van der Waals surface area contributed by atoms with Crippen molar-refractivity contribution in [2.75, 3.05) is 6.54 Å². The molecule has 0 bridgehead atoms. The van der Waals surface area contributed by atoms with E-state index < -0.39 is 23.6 Å². The first-order valence-electron chi connectivity index (χ1n) is 7.90. The van der Waals surface area contributed by atoms with Crippen LogP contribution in [0.2, 0.25) is 0 Å². The first-order chi connectivity index (χ1) is 11.2. The fourth-order valence-electron chi connectivity index (χ4n) is 3.58. The summed E-state index contributed by atoms with van der Waals surface area (Å²) in [6.07, 6.45) is -3.47. The number of hydrogen-bond acceptors (Lipinski definition) is 2. The van der Waals surface area contributed by atoms with Gasteiger partial charge in [-0.25, -0.2) is 0 Å². The Balaban J connectivity index is 1.70. The monoisotopic (exact) mass is 341 g/mol. The summed E-state index contributed by atoms with van der Waals surface area (Å²) in [5.41, 5.74) is -0.191. The first-order valence-corrected chi connectivity index (χ1v) is 7.90. The summed E-state index contributed by atoms with van der Waals surface area (Å²) in [4.78, 5) is 25.3. The number of carbonyl (C=O) groups is 2. The second-order valence-electron chi connectivity index (χ2n) is 6.58. The molecule has 1 aromatic carbocycles. The van der Waals surface area contributed by atoms with Gasteiger partial charge < -0.3 is 10.0 Å². The van der Waals surface area contributed by atoms with E-state index in [-0.39, 0.29) is 23.8 Å². The predicted octanol–water partition coefficient (Wildman–Crippen LogP) is 3.13. The maximum atomic E-state index is 12.8. The quantitative estimate of drug-likeness (QED) is 0.919. The van der Waals surface area contributed by atoms with Crippen molar-refractivity contribution in [3.63, 3.8) is 0 Å². The fraction of sp³-hybridized carbons (Fsp3) is 0.529. The maximum absolute atomic E-state index is 12.8. The molecule has 24 heavy (non-hydrogen) atoms. The molecular formula is C17H18F3NO3. The average molecular weight is 341 g/mol. The largest absolute Gasteiger partial charge is 0.481 e. The highest BCUT2D eigenvalue weighted by Crippen LogP contribution is 2.50. The molecule has 0 radical (unpaired) electrons. The summed E-state index contributed by atoms with van der Waals surface area (Å²) >= 11 is 0. The molecule has 4 atom stereocenters. The van der Waals surface area contributed by atoms with Crippen molar-refractivity contribution in [3.8, 4) is 0 Å². The Morgan fingerprint density at radius 1 is 1.25 bits per heavy atom. The molecule has 130 valence electrons. The summed E-state index contributed by atoms with van der Waals surface area (Å²) in [7, 11) is 0. The number of carboxylic acids is 1. The number of carbonyl (C=O) groups excluding carboxylic acids is 1. The zero-order valence-corrected chi connectivity index (χ0v) is 13.1. The van der Waals surface area contributed by atoms with Crippen molar-refractivity contribution in [2.45, 2.75) is 37.9 Å². The Kier molecular flexibility index (Phi) is 4.05. The zero-order valence-electron chi connectivity index (χ0n) is 13.1. The molecule has 2 fully saturated rings. The molecule has 1 heterocycles. The van der Waals surface area contributed by atoms with Crippen LogP contribution in [0.5, 0.6) is 0 Å². The minimum atomic E-state index is -4.40. The summed E-state index contributed by atoms with van der Waals surface area (Å²) in [5.74, 6) is -2.18. The van der Waals surface area contributed by atoms with Gasteiger partial charge in [0.2, 0.25) is 5.91 Å². The lowest BCUT2D eigenvalue weighted by molar-refractivity contribution is -0.143. The van der Waals surface area contributed by atoms with Gasteiger partial charge in [0, 0.05) is 18.5 Å². The van der Waals surface area contributed by atoms with Crippen molar-refractivity contribution in [1.82, 2.24) is 4.90 Å². The van der Waals surface area contributed by atoms with Crippen LogP contribution in [-0.2, 0) is 15.8 Å². The van der Waals surface area contributed by atoms with Gasteiger partial charge in [-0.1, -0.05) is 18.2 Å². The number of hydrogen-bond donors (Lipinski definition) is 1. The lowest BCUT2D eigenvalue weighted by Crippen LogP contribution is -2.38. The highest BCUT2D eigenvalue weighted by molar-refractivity contribution is 5.84. The Hall–Kier alpha value is -2.05. The van der Waals surface area contributed by atoms with Gasteiger partial charge in [-0.15, -0.1) is 0 Å². The summed E-state index contributed by atoms with van der Waals surface area (Å²) in [6, 6.07) is 4.71. The van der Waals surface area contributed by atoms with E-state index >= 15 is 0 Å². The van der Waals surface area contributed by atoms with Gasteiger partial charge in [0.1, 0.15) is 0 Å². The number of halogens is 3. The van der Waals surface area contributed by atoms with Crippen LogP contribution in [0.3, 0.4) is 0 Å². The molecule has 1 aliphatic heterocycles. The van der Waals surface area contributed by atoms with E-state index in [0.29, 0.717) is 24.9 Å². The van der Waals surface area contributed by atoms with E-state index in [1.54, 1.807) is 17.9 Å². The molecule has 0 aromatic heterocycles. The zero-order chi connectivity index (χ0) is 17.6. The van der Waals surface area contributed by atoms with E-state index in [9.17, 15) is 22.8 Å². The van der Waals surface area contributed by atoms with Crippen molar-refractivity contribution >= 4 is 11.9 Å². The van der Waals surface area contributed by atoms with Gasteiger partial charge in [0.05, 0.1) is 11.5 Å². The topological polar surface area (TPSA) is 57.6 Å². The number of rotatable bonds is 3. The third-order valence-corrected chi connectivity index (χ3v) is 5.10. The normalized spacial score (nSPS) is 29.6. The van der Waals surface area contributed by atoms with Crippen LogP contribution in [0.15, 0.2) is 24.3 Å². The minimum Gasteiger partial charge on any atom is -0.481 e. The molecule has 1 saturated carbocycles. The van der Waals surface area contributed by atoms with Crippen LogP contribution >= 0.6 is 0 Å². The fourth-order valence-corrected chi connectivity index (χ4v) is 3.58. The molecule has 7 heteroatoms. The van der Waals surface area contributed by atoms with Gasteiger partial charge >= 0.3 is 12.1 Å². The predicted molar refractivity (Wildman–Crippen MR) is 79.2 cm³/mol. The molecule has 1 N–H and O–H groups in total. The number of nitrogens with zero attached hydrogens (tertiary/aromatic N) is 1. The summed E-state index contributed by atoms with van der Waals surface area (Å²) in [6.45, 7) is 2.11. The van der Waals surface area contributed by atoms with Gasteiger partial charge in [0.25, 0.3) is 0 Å². The molecule has 4 unspecified atom stereocenters. The van der Waals surface area contributed by atoms with Crippen molar-refractivity contribution in [1.29, 1.82) is 0 Å². The lowest BCUT2D eigenvalue weighted by Gasteiger charge is -2.23. The molecule has 1 amide bonds. The van der Waals surface area contributed by atoms with E-state index in [1.165, 1.54) is 6.07 Å². The molecule has 4 nitrogen and oxygen atoms in total. The minimum absolute atomic E-state index is 0.145. The Labute approximate surface area is 137 Å². The van der Waals surface area contributed by atoms with E-state index in [4.69, 9.17) is 5.11 Å². The Bertz CT molecular complexity index is 673. The smallest absolute Gasteiger partial charge is 0.416 e. The molecule has 3 rings (SSSR count). The molecule has 2 aliphatic rings. The van der Waals surface area contributed by atoms with Crippen molar-refractivity contribution in [2.24, 2.45) is 11.8 Å². The second-order valence-corrected chi connectivity index (χ2v) is 6.58. The number of amides is 1. The number of benzene rings is 1. The molecule has 1 saturated heterocycles. The van der Waals surface area contributed by atoms with Crippen LogP contribution in [0.25, 0.3) is 0 Å². The van der Waals surface area contributed by atoms with Gasteiger partial charge in [-0.2, -0.15) is 13.2 Å². The third kappa shape index (κ3) is 2.99. The van der Waals surface area contributed by atoms with Crippen LogP contribution in [-0.4, -0.2) is 34.5 Å². The van der Waals surface area contributed by atoms with Crippen LogP contribution in [0, 0.1) is 11.8 Å². The maximum Gasteiger partial charge on any atom is 0.416 e. The van der Waals surface area contributed by atoms with Crippen LogP contribution in [0.1, 0.15) is 36.8 Å². The third-order valence-electron chi connectivity index (χ3n) is 5.10. The van der Waals surface area contributed by atoms with Crippen molar-refractivity contribution in [3.05, 3.63) is 35.4 Å². The first kappa shape index (κ1) is 16.8. The Morgan fingerprint density at radius 2 is 1.96 bits per heavy atom. The van der Waals surface area contributed by atoms with Gasteiger partial charge in [-0.3, -0.25) is 9.59 Å². The highest BCUT2D eigenvalue weighted by Gasteiger charge is 2.49. The van der Waals surface area contributed by atoms with Gasteiger partial charge in [0.15, 0.2) is 0 Å². The standard InChI is InChI=1S/C17H18F3NO3/c1-9-12(16(23)24)5-6-21(9)15(22)14-8-13(14)10-3-2-4-11(7-10)17(18,19)20/h2-4,7,9,12-14H,5-6,8H2,1H3,(H,23,24). The van der Waals surface area contributed by atoms with Gasteiger partial charge in [-0.05, 0) is 37.3 Å².